The number of rotatable bonds is 6. The van der Waals surface area contributed by atoms with Gasteiger partial charge >= 0.3 is 0 Å². The van der Waals surface area contributed by atoms with Gasteiger partial charge in [-0.1, -0.05) is 0 Å². The van der Waals surface area contributed by atoms with E-state index in [9.17, 15) is 0 Å². The predicted octanol–water partition coefficient (Wildman–Crippen LogP) is 1.26. The normalized spacial score (nSPS) is 10.8. The molecule has 3 N–H and O–H groups in total. The highest BCUT2D eigenvalue weighted by atomic mass is 16.5. The van der Waals surface area contributed by atoms with Crippen LogP contribution in [0.5, 0.6) is 0 Å². The molecule has 2 aromatic rings. The molecule has 5 heteroatoms. The van der Waals surface area contributed by atoms with E-state index in [1.165, 1.54) is 0 Å². The number of aliphatic hydroxyl groups excluding tert-OH is 1. The number of methoxy groups -OCH3 is 1. The average Bonchev–Trinajstić information content (AvgIpc) is 2.44. The predicted molar refractivity (Wildman–Crippen MR) is 77.3 cm³/mol. The van der Waals surface area contributed by atoms with Crippen molar-refractivity contribution in [2.24, 2.45) is 0 Å². The van der Waals surface area contributed by atoms with E-state index in [0.717, 1.165) is 16.6 Å². The van der Waals surface area contributed by atoms with Gasteiger partial charge in [-0.05, 0) is 24.3 Å². The summed E-state index contributed by atoms with van der Waals surface area (Å²) < 4.78 is 5.09. The van der Waals surface area contributed by atoms with Crippen LogP contribution in [0.4, 0.5) is 11.4 Å². The van der Waals surface area contributed by atoms with Crippen LogP contribution in [0.25, 0.3) is 10.9 Å². The molecule has 5 nitrogen and oxygen atoms in total. The number of benzene rings is 1. The van der Waals surface area contributed by atoms with Gasteiger partial charge in [0.05, 0.1) is 30.1 Å². The van der Waals surface area contributed by atoms with Gasteiger partial charge in [-0.25, -0.2) is 0 Å². The van der Waals surface area contributed by atoms with E-state index in [1.54, 1.807) is 13.3 Å². The van der Waals surface area contributed by atoms with Crippen LogP contribution < -0.4 is 10.6 Å². The zero-order valence-electron chi connectivity index (χ0n) is 11.0. The molecule has 0 bridgehead atoms. The first-order valence-electron chi connectivity index (χ1n) is 6.26. The molecule has 0 radical (unpaired) electrons. The number of nitrogen functional groups attached to an aromatic ring is 1. The van der Waals surface area contributed by atoms with Gasteiger partial charge in [0.25, 0.3) is 0 Å². The summed E-state index contributed by atoms with van der Waals surface area (Å²) in [6, 6.07) is 7.71. The molecule has 0 spiro atoms. The maximum Gasteiger partial charge on any atom is 0.0724 e. The first kappa shape index (κ1) is 13.6. The molecule has 0 amide bonds. The number of hydrogen-bond donors (Lipinski definition) is 2. The summed E-state index contributed by atoms with van der Waals surface area (Å²) in [6.07, 6.45) is 1.75. The number of nitrogens with zero attached hydrogens (tertiary/aromatic N) is 2. The van der Waals surface area contributed by atoms with Crippen molar-refractivity contribution in [2.45, 2.75) is 0 Å². The molecule has 102 valence electrons. The molecule has 19 heavy (non-hydrogen) atoms. The quantitative estimate of drug-likeness (QED) is 0.766. The standard InChI is InChI=1S/C14H19N3O2/c1-19-10-8-17(7-9-18)13-5-4-12-11(14(13)15)3-2-6-16-12/h2-6,18H,7-10,15H2,1H3. The van der Waals surface area contributed by atoms with Crippen LogP contribution >= 0.6 is 0 Å². The Labute approximate surface area is 112 Å². The van der Waals surface area contributed by atoms with Crippen LogP contribution in [0.3, 0.4) is 0 Å². The lowest BCUT2D eigenvalue weighted by molar-refractivity contribution is 0.203. The lowest BCUT2D eigenvalue weighted by Gasteiger charge is -2.25. The monoisotopic (exact) mass is 261 g/mol. The number of aliphatic hydroxyl groups is 1. The summed E-state index contributed by atoms with van der Waals surface area (Å²) in [7, 11) is 1.66. The summed E-state index contributed by atoms with van der Waals surface area (Å²) in [6.45, 7) is 1.88. The van der Waals surface area contributed by atoms with Crippen molar-refractivity contribution in [3.05, 3.63) is 30.5 Å². The van der Waals surface area contributed by atoms with Gasteiger partial charge in [0.2, 0.25) is 0 Å². The van der Waals surface area contributed by atoms with Crippen molar-refractivity contribution in [1.29, 1.82) is 0 Å². The van der Waals surface area contributed by atoms with Crippen molar-refractivity contribution in [2.75, 3.05) is 44.0 Å². The Hall–Kier alpha value is -1.85. The molecule has 0 saturated carbocycles. The number of ether oxygens (including phenoxy) is 1. The largest absolute Gasteiger partial charge is 0.396 e. The van der Waals surface area contributed by atoms with Crippen molar-refractivity contribution in [3.8, 4) is 0 Å². The molecule has 1 aromatic heterocycles. The maximum absolute atomic E-state index is 9.17. The molecule has 0 aliphatic carbocycles. The smallest absolute Gasteiger partial charge is 0.0724 e. The molecule has 0 atom stereocenters. The van der Waals surface area contributed by atoms with Crippen LogP contribution in [-0.4, -0.2) is 43.5 Å². The number of nitrogens with two attached hydrogens (primary N) is 1. The summed E-state index contributed by atoms with van der Waals surface area (Å²) in [5, 5.41) is 10.1. The highest BCUT2D eigenvalue weighted by Crippen LogP contribution is 2.30. The van der Waals surface area contributed by atoms with Crippen LogP contribution in [-0.2, 0) is 4.74 Å². The van der Waals surface area contributed by atoms with Gasteiger partial charge in [-0.2, -0.15) is 0 Å². The topological polar surface area (TPSA) is 71.6 Å². The molecule has 0 saturated heterocycles. The molecule has 1 aromatic carbocycles. The summed E-state index contributed by atoms with van der Waals surface area (Å²) in [5.74, 6) is 0. The number of pyridine rings is 1. The van der Waals surface area contributed by atoms with Crippen LogP contribution in [0.2, 0.25) is 0 Å². The number of hydrogen-bond acceptors (Lipinski definition) is 5. The van der Waals surface area contributed by atoms with E-state index >= 15 is 0 Å². The third-order valence-electron chi connectivity index (χ3n) is 3.08. The Morgan fingerprint density at radius 2 is 2.16 bits per heavy atom. The summed E-state index contributed by atoms with van der Waals surface area (Å²) in [5.41, 5.74) is 8.69. The Bertz CT molecular complexity index is 545. The lowest BCUT2D eigenvalue weighted by atomic mass is 10.1. The Balaban J connectivity index is 2.38. The second-order valence-corrected chi connectivity index (χ2v) is 4.27. The van der Waals surface area contributed by atoms with E-state index in [0.29, 0.717) is 25.4 Å². The van der Waals surface area contributed by atoms with Crippen LogP contribution in [0, 0.1) is 0 Å². The van der Waals surface area contributed by atoms with Gasteiger partial charge in [-0.3, -0.25) is 4.98 Å². The van der Waals surface area contributed by atoms with Crippen molar-refractivity contribution in [3.63, 3.8) is 0 Å². The van der Waals surface area contributed by atoms with E-state index in [2.05, 4.69) is 4.98 Å². The van der Waals surface area contributed by atoms with Crippen molar-refractivity contribution in [1.82, 2.24) is 4.98 Å². The fourth-order valence-electron chi connectivity index (χ4n) is 2.11. The molecule has 1 heterocycles. The molecular formula is C14H19N3O2. The minimum atomic E-state index is 0.0776. The Kier molecular flexibility index (Phi) is 4.54. The highest BCUT2D eigenvalue weighted by Gasteiger charge is 2.11. The minimum Gasteiger partial charge on any atom is -0.396 e. The van der Waals surface area contributed by atoms with Crippen molar-refractivity contribution < 1.29 is 9.84 Å². The van der Waals surface area contributed by atoms with Crippen LogP contribution in [0.15, 0.2) is 30.5 Å². The average molecular weight is 261 g/mol. The van der Waals surface area contributed by atoms with Gasteiger partial charge in [0, 0.05) is 31.8 Å². The second kappa shape index (κ2) is 6.36. The van der Waals surface area contributed by atoms with Crippen molar-refractivity contribution >= 4 is 22.3 Å². The second-order valence-electron chi connectivity index (χ2n) is 4.27. The maximum atomic E-state index is 9.17. The third kappa shape index (κ3) is 2.94. The lowest BCUT2D eigenvalue weighted by Crippen LogP contribution is -2.30. The van der Waals surface area contributed by atoms with Gasteiger partial charge in [0.15, 0.2) is 0 Å². The molecule has 0 unspecified atom stereocenters. The highest BCUT2D eigenvalue weighted by molar-refractivity contribution is 5.97. The van der Waals surface area contributed by atoms with E-state index < -0.39 is 0 Å². The SMILES string of the molecule is COCCN(CCO)c1ccc2ncccc2c1N. The zero-order valence-corrected chi connectivity index (χ0v) is 11.0. The molecule has 0 fully saturated rings. The van der Waals surface area contributed by atoms with Gasteiger partial charge in [0.1, 0.15) is 0 Å². The third-order valence-corrected chi connectivity index (χ3v) is 3.08. The Morgan fingerprint density at radius 1 is 1.32 bits per heavy atom. The summed E-state index contributed by atoms with van der Waals surface area (Å²) in [4.78, 5) is 6.30. The fraction of sp³-hybridized carbons (Fsp3) is 0.357. The molecular weight excluding hydrogens is 242 g/mol. The van der Waals surface area contributed by atoms with E-state index in [1.807, 2.05) is 29.2 Å². The molecule has 0 aliphatic heterocycles. The molecule has 0 aliphatic rings. The fourth-order valence-corrected chi connectivity index (χ4v) is 2.11. The van der Waals surface area contributed by atoms with Gasteiger partial charge < -0.3 is 20.5 Å². The van der Waals surface area contributed by atoms with Crippen LogP contribution in [0.1, 0.15) is 0 Å². The number of aromatic nitrogens is 1. The number of fused-ring (bicyclic) bond motifs is 1. The van der Waals surface area contributed by atoms with E-state index in [4.69, 9.17) is 15.6 Å². The van der Waals surface area contributed by atoms with Gasteiger partial charge in [-0.15, -0.1) is 0 Å². The first-order valence-corrected chi connectivity index (χ1v) is 6.26. The zero-order chi connectivity index (χ0) is 13.7. The molecule has 2 rings (SSSR count). The minimum absolute atomic E-state index is 0.0776. The first-order chi connectivity index (χ1) is 9.27. The Morgan fingerprint density at radius 3 is 2.89 bits per heavy atom. The number of anilines is 2. The van der Waals surface area contributed by atoms with E-state index in [-0.39, 0.29) is 6.61 Å². The summed E-state index contributed by atoms with van der Waals surface area (Å²) >= 11 is 0.